The molecule has 1 fully saturated rings. The molecule has 0 radical (unpaired) electrons. The van der Waals surface area contributed by atoms with E-state index in [-0.39, 0.29) is 0 Å². The Morgan fingerprint density at radius 2 is 2.21 bits per heavy atom. The van der Waals surface area contributed by atoms with E-state index in [0.717, 1.165) is 23.9 Å². The van der Waals surface area contributed by atoms with Gasteiger partial charge in [-0.1, -0.05) is 19.3 Å². The quantitative estimate of drug-likeness (QED) is 0.930. The second kappa shape index (κ2) is 5.74. The van der Waals surface area contributed by atoms with Crippen LogP contribution in [-0.2, 0) is 6.54 Å². The average molecular weight is 276 g/mol. The lowest BCUT2D eigenvalue weighted by Gasteiger charge is -2.23. The molecule has 4 nitrogen and oxygen atoms in total. The minimum absolute atomic E-state index is 0.588. The van der Waals surface area contributed by atoms with E-state index >= 15 is 0 Å². The molecule has 2 aromatic rings. The highest BCUT2D eigenvalue weighted by atomic mass is 32.1. The summed E-state index contributed by atoms with van der Waals surface area (Å²) < 4.78 is 2.18. The highest BCUT2D eigenvalue weighted by Gasteiger charge is 2.16. The Kier molecular flexibility index (Phi) is 3.82. The van der Waals surface area contributed by atoms with E-state index < -0.39 is 0 Å². The van der Waals surface area contributed by atoms with Crippen molar-refractivity contribution in [2.24, 2.45) is 0 Å². The Hall–Kier alpha value is -1.36. The van der Waals surface area contributed by atoms with Crippen LogP contribution in [0.1, 0.15) is 43.5 Å². The molecule has 1 saturated carbocycles. The van der Waals surface area contributed by atoms with Gasteiger partial charge in [-0.3, -0.25) is 0 Å². The lowest BCUT2D eigenvalue weighted by atomic mass is 9.96. The van der Waals surface area contributed by atoms with Crippen LogP contribution in [0.4, 0.5) is 5.95 Å². The summed E-state index contributed by atoms with van der Waals surface area (Å²) in [4.78, 5) is 8.96. The number of anilines is 1. The van der Waals surface area contributed by atoms with Crippen molar-refractivity contribution in [2.75, 3.05) is 5.32 Å². The number of nitrogens with one attached hydrogen (secondary N) is 1. The van der Waals surface area contributed by atoms with Crippen LogP contribution >= 0.6 is 11.3 Å². The topological polar surface area (TPSA) is 42.7 Å². The van der Waals surface area contributed by atoms with Crippen molar-refractivity contribution in [3.63, 3.8) is 0 Å². The summed E-state index contributed by atoms with van der Waals surface area (Å²) in [7, 11) is 0. The zero-order valence-electron chi connectivity index (χ0n) is 11.3. The van der Waals surface area contributed by atoms with Crippen LogP contribution in [-0.4, -0.2) is 20.6 Å². The molecule has 0 amide bonds. The predicted molar refractivity (Wildman–Crippen MR) is 78.7 cm³/mol. The summed E-state index contributed by atoms with van der Waals surface area (Å²) >= 11 is 1.64. The Bertz CT molecular complexity index is 512. The number of aromatic nitrogens is 3. The third-order valence-corrected chi connectivity index (χ3v) is 4.29. The molecule has 3 rings (SSSR count). The molecule has 2 aromatic heterocycles. The van der Waals surface area contributed by atoms with Crippen LogP contribution in [0.15, 0.2) is 17.1 Å². The highest BCUT2D eigenvalue weighted by Crippen LogP contribution is 2.22. The van der Waals surface area contributed by atoms with E-state index in [0.29, 0.717) is 6.04 Å². The predicted octanol–water partition coefficient (Wildman–Crippen LogP) is 3.44. The van der Waals surface area contributed by atoms with Crippen molar-refractivity contribution in [1.29, 1.82) is 0 Å². The van der Waals surface area contributed by atoms with E-state index in [2.05, 4.69) is 31.4 Å². The third-order valence-electron chi connectivity index (χ3n) is 3.65. The minimum atomic E-state index is 0.588. The lowest BCUT2D eigenvalue weighted by Crippen LogP contribution is -2.24. The molecule has 5 heteroatoms. The van der Waals surface area contributed by atoms with Crippen LogP contribution in [0.5, 0.6) is 0 Å². The van der Waals surface area contributed by atoms with Gasteiger partial charge in [0.1, 0.15) is 0 Å². The summed E-state index contributed by atoms with van der Waals surface area (Å²) in [5.74, 6) is 0.998. The first-order valence-electron chi connectivity index (χ1n) is 6.98. The highest BCUT2D eigenvalue weighted by molar-refractivity contribution is 7.07. The molecule has 1 N–H and O–H groups in total. The fraction of sp³-hybridized carbons (Fsp3) is 0.571. The van der Waals surface area contributed by atoms with Crippen molar-refractivity contribution < 1.29 is 0 Å². The molecule has 0 spiro atoms. The van der Waals surface area contributed by atoms with Crippen LogP contribution < -0.4 is 5.32 Å². The van der Waals surface area contributed by atoms with Crippen LogP contribution in [0.3, 0.4) is 0 Å². The summed E-state index contributed by atoms with van der Waals surface area (Å²) in [5.41, 5.74) is 4.05. The maximum atomic E-state index is 4.61. The number of nitrogens with zero attached hydrogens (tertiary/aromatic N) is 3. The van der Waals surface area contributed by atoms with Gasteiger partial charge in [0.15, 0.2) is 0 Å². The maximum absolute atomic E-state index is 4.61. The normalized spacial score (nSPS) is 16.7. The first-order chi connectivity index (χ1) is 9.31. The molecule has 0 atom stereocenters. The van der Waals surface area contributed by atoms with Gasteiger partial charge in [-0.25, -0.2) is 9.97 Å². The van der Waals surface area contributed by atoms with Gasteiger partial charge in [-0.05, 0) is 19.8 Å². The summed E-state index contributed by atoms with van der Waals surface area (Å²) in [5, 5.41) is 5.71. The molecule has 2 heterocycles. The minimum Gasteiger partial charge on any atom is -0.353 e. The second-order valence-corrected chi connectivity index (χ2v) is 6.01. The molecule has 0 aromatic carbocycles. The SMILES string of the molecule is Cc1cn(Cc2cscn2)c(NC2CCCCC2)n1. The van der Waals surface area contributed by atoms with Crippen molar-refractivity contribution >= 4 is 17.3 Å². The Labute approximate surface area is 117 Å². The van der Waals surface area contributed by atoms with Gasteiger partial charge in [0.25, 0.3) is 0 Å². The van der Waals surface area contributed by atoms with Gasteiger partial charge in [0, 0.05) is 17.6 Å². The van der Waals surface area contributed by atoms with Crippen molar-refractivity contribution in [2.45, 2.75) is 51.6 Å². The van der Waals surface area contributed by atoms with Gasteiger partial charge in [-0.15, -0.1) is 11.3 Å². The first kappa shape index (κ1) is 12.7. The van der Waals surface area contributed by atoms with E-state index in [1.807, 2.05) is 12.4 Å². The molecule has 1 aliphatic rings. The maximum Gasteiger partial charge on any atom is 0.203 e. The molecule has 102 valence electrons. The summed E-state index contributed by atoms with van der Waals surface area (Å²) in [6.45, 7) is 2.85. The lowest BCUT2D eigenvalue weighted by molar-refractivity contribution is 0.459. The van der Waals surface area contributed by atoms with Gasteiger partial charge >= 0.3 is 0 Å². The van der Waals surface area contributed by atoms with Crippen molar-refractivity contribution in [3.8, 4) is 0 Å². The molecule has 0 bridgehead atoms. The average Bonchev–Trinajstić information content (AvgIpc) is 3.02. The fourth-order valence-electron chi connectivity index (χ4n) is 2.70. The third kappa shape index (κ3) is 3.15. The number of hydrogen-bond donors (Lipinski definition) is 1. The smallest absolute Gasteiger partial charge is 0.203 e. The largest absolute Gasteiger partial charge is 0.353 e. The second-order valence-electron chi connectivity index (χ2n) is 5.29. The number of aryl methyl sites for hydroxylation is 1. The number of rotatable bonds is 4. The summed E-state index contributed by atoms with van der Waals surface area (Å²) in [6.07, 6.45) is 8.69. The molecule has 19 heavy (non-hydrogen) atoms. The van der Waals surface area contributed by atoms with E-state index in [4.69, 9.17) is 0 Å². The van der Waals surface area contributed by atoms with E-state index in [1.54, 1.807) is 11.3 Å². The standard InChI is InChI=1S/C14H20N4S/c1-11-7-18(8-13-9-19-10-15-13)14(16-11)17-12-5-3-2-4-6-12/h7,9-10,12H,2-6,8H2,1H3,(H,16,17). The molecule has 0 saturated heterocycles. The van der Waals surface area contributed by atoms with Gasteiger partial charge in [0.2, 0.25) is 5.95 Å². The van der Waals surface area contributed by atoms with Crippen molar-refractivity contribution in [1.82, 2.24) is 14.5 Å². The summed E-state index contributed by atoms with van der Waals surface area (Å²) in [6, 6.07) is 0.588. The monoisotopic (exact) mass is 276 g/mol. The van der Waals surface area contributed by atoms with Gasteiger partial charge in [0.05, 0.1) is 23.4 Å². The molecular formula is C14H20N4S. The van der Waals surface area contributed by atoms with Crippen LogP contribution in [0.2, 0.25) is 0 Å². The Morgan fingerprint density at radius 1 is 1.37 bits per heavy atom. The zero-order valence-corrected chi connectivity index (χ0v) is 12.1. The number of hydrogen-bond acceptors (Lipinski definition) is 4. The molecule has 1 aliphatic carbocycles. The van der Waals surface area contributed by atoms with Crippen molar-refractivity contribution in [3.05, 3.63) is 28.5 Å². The Balaban J connectivity index is 1.73. The molecular weight excluding hydrogens is 256 g/mol. The van der Waals surface area contributed by atoms with E-state index in [9.17, 15) is 0 Å². The zero-order chi connectivity index (χ0) is 13.1. The van der Waals surface area contributed by atoms with Gasteiger partial charge < -0.3 is 9.88 Å². The van der Waals surface area contributed by atoms with Gasteiger partial charge in [-0.2, -0.15) is 0 Å². The molecule has 0 aliphatic heterocycles. The first-order valence-corrected chi connectivity index (χ1v) is 7.93. The Morgan fingerprint density at radius 3 is 2.95 bits per heavy atom. The van der Waals surface area contributed by atoms with Crippen LogP contribution in [0.25, 0.3) is 0 Å². The molecule has 0 unspecified atom stereocenters. The van der Waals surface area contributed by atoms with Crippen LogP contribution in [0, 0.1) is 6.92 Å². The number of thiazole rings is 1. The fourth-order valence-corrected chi connectivity index (χ4v) is 3.25. The number of imidazole rings is 1. The van der Waals surface area contributed by atoms with E-state index in [1.165, 1.54) is 32.1 Å².